The number of carbonyl (C=O) groups excluding carboxylic acids is 1. The molecule has 1 unspecified atom stereocenters. The number of piperazine rings is 1. The first-order valence-corrected chi connectivity index (χ1v) is 10.3. The smallest absolute Gasteiger partial charge is 0.422 e. The standard InChI is InChI=1S/C21H23F3N4O4/c22-21(23,24)13-32-19-11-18(25-14-26-19)27-6-8-28(9-7-27)20(29)12-31-17-5-10-30-16-4-2-1-3-15(16)17/h1-4,11,14,17H,5-10,12-13H2. The summed E-state index contributed by atoms with van der Waals surface area (Å²) in [6.07, 6.45) is -2.77. The third-order valence-corrected chi connectivity index (χ3v) is 5.28. The van der Waals surface area contributed by atoms with Crippen LogP contribution in [0.5, 0.6) is 11.6 Å². The number of rotatable bonds is 6. The van der Waals surface area contributed by atoms with Crippen LogP contribution in [-0.4, -0.2) is 73.0 Å². The lowest BCUT2D eigenvalue weighted by Gasteiger charge is -2.35. The maximum absolute atomic E-state index is 12.6. The second-order valence-electron chi connectivity index (χ2n) is 7.46. The van der Waals surface area contributed by atoms with Gasteiger partial charge >= 0.3 is 6.18 Å². The van der Waals surface area contributed by atoms with E-state index in [1.807, 2.05) is 29.2 Å². The molecule has 8 nitrogen and oxygen atoms in total. The van der Waals surface area contributed by atoms with E-state index in [9.17, 15) is 18.0 Å². The van der Waals surface area contributed by atoms with Gasteiger partial charge in [-0.25, -0.2) is 9.97 Å². The van der Waals surface area contributed by atoms with Crippen molar-refractivity contribution in [1.29, 1.82) is 0 Å². The van der Waals surface area contributed by atoms with Crippen molar-refractivity contribution in [2.75, 3.05) is 50.9 Å². The summed E-state index contributed by atoms with van der Waals surface area (Å²) < 4.78 is 53.2. The molecule has 2 aliphatic rings. The minimum absolute atomic E-state index is 0.0259. The summed E-state index contributed by atoms with van der Waals surface area (Å²) in [6, 6.07) is 9.01. The second kappa shape index (κ2) is 9.60. The molecule has 4 rings (SSSR count). The molecule has 2 aromatic rings. The number of alkyl halides is 3. The molecular weight excluding hydrogens is 429 g/mol. The van der Waals surface area contributed by atoms with Crippen molar-refractivity contribution in [3.8, 4) is 11.6 Å². The minimum atomic E-state index is -4.44. The van der Waals surface area contributed by atoms with Crippen molar-refractivity contribution in [2.45, 2.75) is 18.7 Å². The molecule has 0 radical (unpaired) electrons. The lowest BCUT2D eigenvalue weighted by molar-refractivity contribution is -0.154. The van der Waals surface area contributed by atoms with Gasteiger partial charge in [-0.15, -0.1) is 0 Å². The number of ether oxygens (including phenoxy) is 3. The summed E-state index contributed by atoms with van der Waals surface area (Å²) in [6.45, 7) is 0.987. The number of halogens is 3. The Morgan fingerprint density at radius 2 is 1.94 bits per heavy atom. The number of carbonyl (C=O) groups is 1. The summed E-state index contributed by atoms with van der Waals surface area (Å²) in [5.41, 5.74) is 0.948. The summed E-state index contributed by atoms with van der Waals surface area (Å²) in [5, 5.41) is 0. The Balaban J connectivity index is 1.26. The number of nitrogens with zero attached hydrogens (tertiary/aromatic N) is 4. The van der Waals surface area contributed by atoms with E-state index in [2.05, 4.69) is 14.7 Å². The zero-order valence-corrected chi connectivity index (χ0v) is 17.3. The van der Waals surface area contributed by atoms with Crippen molar-refractivity contribution < 1.29 is 32.2 Å². The highest BCUT2D eigenvalue weighted by Gasteiger charge is 2.29. The molecule has 32 heavy (non-hydrogen) atoms. The molecule has 172 valence electrons. The molecule has 1 fully saturated rings. The van der Waals surface area contributed by atoms with Crippen LogP contribution in [0.3, 0.4) is 0 Å². The predicted molar refractivity (Wildman–Crippen MR) is 108 cm³/mol. The summed E-state index contributed by atoms with van der Waals surface area (Å²) >= 11 is 0. The monoisotopic (exact) mass is 452 g/mol. The molecule has 0 aliphatic carbocycles. The number of amides is 1. The fourth-order valence-electron chi connectivity index (χ4n) is 3.67. The van der Waals surface area contributed by atoms with Crippen molar-refractivity contribution in [3.05, 3.63) is 42.2 Å². The maximum Gasteiger partial charge on any atom is 0.422 e. The number of benzene rings is 1. The highest BCUT2D eigenvalue weighted by molar-refractivity contribution is 5.77. The molecule has 1 amide bonds. The number of anilines is 1. The average molecular weight is 452 g/mol. The first kappa shape index (κ1) is 22.1. The van der Waals surface area contributed by atoms with Crippen LogP contribution >= 0.6 is 0 Å². The number of hydrogen-bond acceptors (Lipinski definition) is 7. The van der Waals surface area contributed by atoms with Crippen LogP contribution in [0, 0.1) is 0 Å². The molecule has 0 saturated carbocycles. The first-order valence-electron chi connectivity index (χ1n) is 10.3. The van der Waals surface area contributed by atoms with Crippen molar-refractivity contribution in [1.82, 2.24) is 14.9 Å². The molecule has 0 N–H and O–H groups in total. The fraction of sp³-hybridized carbons (Fsp3) is 0.476. The van der Waals surface area contributed by atoms with Crippen LogP contribution < -0.4 is 14.4 Å². The molecule has 2 aliphatic heterocycles. The van der Waals surface area contributed by atoms with Gasteiger partial charge in [-0.05, 0) is 6.07 Å². The van der Waals surface area contributed by atoms with E-state index in [-0.39, 0.29) is 24.5 Å². The Morgan fingerprint density at radius 1 is 1.16 bits per heavy atom. The normalized spacial score (nSPS) is 18.7. The van der Waals surface area contributed by atoms with Crippen LogP contribution in [0.4, 0.5) is 19.0 Å². The Hall–Kier alpha value is -3.08. The second-order valence-corrected chi connectivity index (χ2v) is 7.46. The lowest BCUT2D eigenvalue weighted by atomic mass is 10.0. The maximum atomic E-state index is 12.6. The van der Waals surface area contributed by atoms with Gasteiger partial charge < -0.3 is 24.0 Å². The van der Waals surface area contributed by atoms with Crippen LogP contribution in [-0.2, 0) is 9.53 Å². The van der Waals surface area contributed by atoms with E-state index >= 15 is 0 Å². The molecule has 0 spiro atoms. The zero-order valence-electron chi connectivity index (χ0n) is 17.3. The Morgan fingerprint density at radius 3 is 2.72 bits per heavy atom. The molecule has 1 atom stereocenters. The van der Waals surface area contributed by atoms with Gasteiger partial charge in [0.1, 0.15) is 24.5 Å². The van der Waals surface area contributed by atoms with E-state index in [4.69, 9.17) is 9.47 Å². The molecule has 1 aromatic heterocycles. The highest BCUT2D eigenvalue weighted by Crippen LogP contribution is 2.34. The van der Waals surface area contributed by atoms with Gasteiger partial charge in [0.05, 0.1) is 12.7 Å². The number of hydrogen-bond donors (Lipinski definition) is 0. The van der Waals surface area contributed by atoms with Gasteiger partial charge in [-0.2, -0.15) is 13.2 Å². The molecular formula is C21H23F3N4O4. The van der Waals surface area contributed by atoms with Crippen molar-refractivity contribution >= 4 is 11.7 Å². The van der Waals surface area contributed by atoms with E-state index < -0.39 is 12.8 Å². The van der Waals surface area contributed by atoms with Gasteiger partial charge in [0.25, 0.3) is 0 Å². The molecule has 3 heterocycles. The molecule has 1 aromatic carbocycles. The molecule has 1 saturated heterocycles. The van der Waals surface area contributed by atoms with Gasteiger partial charge in [0.2, 0.25) is 11.8 Å². The fourth-order valence-corrected chi connectivity index (χ4v) is 3.67. The van der Waals surface area contributed by atoms with E-state index in [0.717, 1.165) is 17.6 Å². The summed E-state index contributed by atoms with van der Waals surface area (Å²) in [7, 11) is 0. The highest BCUT2D eigenvalue weighted by atomic mass is 19.4. The van der Waals surface area contributed by atoms with Crippen LogP contribution in [0.1, 0.15) is 18.1 Å². The Bertz CT molecular complexity index is 935. The average Bonchev–Trinajstić information content (AvgIpc) is 2.81. The topological polar surface area (TPSA) is 77.0 Å². The van der Waals surface area contributed by atoms with Crippen LogP contribution in [0.25, 0.3) is 0 Å². The van der Waals surface area contributed by atoms with E-state index in [1.165, 1.54) is 6.07 Å². The summed E-state index contributed by atoms with van der Waals surface area (Å²) in [4.78, 5) is 24.0. The molecule has 11 heteroatoms. The predicted octanol–water partition coefficient (Wildman–Crippen LogP) is 2.61. The number of para-hydroxylation sites is 1. The van der Waals surface area contributed by atoms with Gasteiger partial charge in [-0.1, -0.05) is 18.2 Å². The zero-order chi connectivity index (χ0) is 22.6. The van der Waals surface area contributed by atoms with Crippen LogP contribution in [0.2, 0.25) is 0 Å². The third-order valence-electron chi connectivity index (χ3n) is 5.28. The van der Waals surface area contributed by atoms with E-state index in [1.54, 1.807) is 4.90 Å². The number of aromatic nitrogens is 2. The van der Waals surface area contributed by atoms with E-state index in [0.29, 0.717) is 45.0 Å². The Labute approximate surface area is 182 Å². The van der Waals surface area contributed by atoms with Crippen molar-refractivity contribution in [3.63, 3.8) is 0 Å². The number of fused-ring (bicyclic) bond motifs is 1. The Kier molecular flexibility index (Phi) is 6.63. The van der Waals surface area contributed by atoms with Crippen LogP contribution in [0.15, 0.2) is 36.7 Å². The van der Waals surface area contributed by atoms with Crippen molar-refractivity contribution in [2.24, 2.45) is 0 Å². The van der Waals surface area contributed by atoms with Gasteiger partial charge in [-0.3, -0.25) is 4.79 Å². The quantitative estimate of drug-likeness (QED) is 0.667. The largest absolute Gasteiger partial charge is 0.493 e. The SMILES string of the molecule is O=C(COC1CCOc2ccccc21)N1CCN(c2cc(OCC(F)(F)F)ncn2)CC1. The minimum Gasteiger partial charge on any atom is -0.493 e. The third kappa shape index (κ3) is 5.58. The first-order chi connectivity index (χ1) is 15.4. The summed E-state index contributed by atoms with van der Waals surface area (Å²) in [5.74, 6) is 0.995. The van der Waals surface area contributed by atoms with Gasteiger partial charge in [0, 0.05) is 44.2 Å². The van der Waals surface area contributed by atoms with Gasteiger partial charge in [0.15, 0.2) is 6.61 Å². The lowest BCUT2D eigenvalue weighted by Crippen LogP contribution is -2.50. The molecule has 0 bridgehead atoms.